The summed E-state index contributed by atoms with van der Waals surface area (Å²) in [6, 6.07) is 17.7. The standard InChI is InChI=1S/C23H26INO3/c1-2-28-22(26)16-8-3-4-11-17-25(18-19-12-6-5-7-13-19)23(27)20-14-9-10-15-21(20)24/h5-10,12-16H,2-4,11,17-18H2,1H3/b16-8+. The quantitative estimate of drug-likeness (QED) is 0.198. The maximum Gasteiger partial charge on any atom is 0.330 e. The van der Waals surface area contributed by atoms with Gasteiger partial charge in [-0.15, -0.1) is 0 Å². The van der Waals surface area contributed by atoms with Crippen LogP contribution in [-0.4, -0.2) is 29.9 Å². The number of rotatable bonds is 10. The van der Waals surface area contributed by atoms with Crippen molar-refractivity contribution in [2.45, 2.75) is 32.7 Å². The number of carbonyl (C=O) groups is 2. The van der Waals surface area contributed by atoms with Gasteiger partial charge in [-0.2, -0.15) is 0 Å². The molecule has 0 fully saturated rings. The van der Waals surface area contributed by atoms with Crippen LogP contribution in [0.5, 0.6) is 0 Å². The molecule has 0 N–H and O–H groups in total. The number of amides is 1. The summed E-state index contributed by atoms with van der Waals surface area (Å²) >= 11 is 2.21. The fourth-order valence-corrected chi connectivity index (χ4v) is 3.41. The van der Waals surface area contributed by atoms with Gasteiger partial charge in [0.1, 0.15) is 0 Å². The van der Waals surface area contributed by atoms with Gasteiger partial charge in [-0.05, 0) is 66.5 Å². The van der Waals surface area contributed by atoms with Gasteiger partial charge in [0.05, 0.1) is 12.2 Å². The second kappa shape index (κ2) is 12.3. The summed E-state index contributed by atoms with van der Waals surface area (Å²) < 4.78 is 5.82. The highest BCUT2D eigenvalue weighted by Gasteiger charge is 2.17. The predicted molar refractivity (Wildman–Crippen MR) is 120 cm³/mol. The maximum atomic E-state index is 13.1. The molecule has 148 valence electrons. The molecule has 0 spiro atoms. The van der Waals surface area contributed by atoms with Gasteiger partial charge in [0.15, 0.2) is 0 Å². The summed E-state index contributed by atoms with van der Waals surface area (Å²) in [5.41, 5.74) is 1.85. The average Bonchev–Trinajstić information content (AvgIpc) is 2.70. The highest BCUT2D eigenvalue weighted by atomic mass is 127. The smallest absolute Gasteiger partial charge is 0.330 e. The van der Waals surface area contributed by atoms with E-state index in [1.54, 1.807) is 6.92 Å². The number of hydrogen-bond acceptors (Lipinski definition) is 3. The topological polar surface area (TPSA) is 46.6 Å². The summed E-state index contributed by atoms with van der Waals surface area (Å²) in [4.78, 5) is 26.3. The van der Waals surface area contributed by atoms with Crippen molar-refractivity contribution in [2.24, 2.45) is 0 Å². The Morgan fingerprint density at radius 1 is 1.04 bits per heavy atom. The molecule has 0 aliphatic heterocycles. The van der Waals surface area contributed by atoms with E-state index in [2.05, 4.69) is 22.6 Å². The third kappa shape index (κ3) is 7.46. The summed E-state index contributed by atoms with van der Waals surface area (Å²) in [6.07, 6.45) is 5.87. The Balaban J connectivity index is 1.96. The number of unbranched alkanes of at least 4 members (excludes halogenated alkanes) is 2. The lowest BCUT2D eigenvalue weighted by atomic mass is 10.1. The Morgan fingerprint density at radius 3 is 2.46 bits per heavy atom. The van der Waals surface area contributed by atoms with Crippen LogP contribution < -0.4 is 0 Å². The van der Waals surface area contributed by atoms with Gasteiger partial charge in [0, 0.05) is 22.7 Å². The normalized spacial score (nSPS) is 10.8. The van der Waals surface area contributed by atoms with Crippen molar-refractivity contribution in [1.82, 2.24) is 4.90 Å². The maximum absolute atomic E-state index is 13.1. The molecule has 0 aliphatic rings. The second-order valence-electron chi connectivity index (χ2n) is 6.34. The van der Waals surface area contributed by atoms with Gasteiger partial charge in [-0.1, -0.05) is 48.5 Å². The number of allylic oxidation sites excluding steroid dienone is 1. The highest BCUT2D eigenvalue weighted by molar-refractivity contribution is 14.1. The van der Waals surface area contributed by atoms with Crippen molar-refractivity contribution in [3.8, 4) is 0 Å². The van der Waals surface area contributed by atoms with Crippen LogP contribution in [0.3, 0.4) is 0 Å². The summed E-state index contributed by atoms with van der Waals surface area (Å²) in [5, 5.41) is 0. The van der Waals surface area contributed by atoms with Gasteiger partial charge in [0.2, 0.25) is 0 Å². The molecule has 2 aromatic rings. The molecule has 4 nitrogen and oxygen atoms in total. The van der Waals surface area contributed by atoms with E-state index in [1.165, 1.54) is 6.08 Å². The molecule has 0 radical (unpaired) electrons. The first-order valence-electron chi connectivity index (χ1n) is 9.53. The van der Waals surface area contributed by atoms with Crippen LogP contribution in [0.25, 0.3) is 0 Å². The first-order valence-corrected chi connectivity index (χ1v) is 10.6. The summed E-state index contributed by atoms with van der Waals surface area (Å²) in [5.74, 6) is -0.252. The molecule has 0 bridgehead atoms. The molecule has 2 aromatic carbocycles. The lowest BCUT2D eigenvalue weighted by Crippen LogP contribution is -2.32. The molecule has 5 heteroatoms. The van der Waals surface area contributed by atoms with E-state index in [0.29, 0.717) is 19.7 Å². The minimum absolute atomic E-state index is 0.0518. The van der Waals surface area contributed by atoms with Crippen molar-refractivity contribution in [2.75, 3.05) is 13.2 Å². The highest BCUT2D eigenvalue weighted by Crippen LogP contribution is 2.17. The van der Waals surface area contributed by atoms with Crippen LogP contribution >= 0.6 is 22.6 Å². The average molecular weight is 491 g/mol. The molecule has 28 heavy (non-hydrogen) atoms. The van der Waals surface area contributed by atoms with E-state index >= 15 is 0 Å². The van der Waals surface area contributed by atoms with Crippen molar-refractivity contribution in [3.05, 3.63) is 81.4 Å². The number of halogens is 1. The molecule has 0 saturated carbocycles. The molecule has 2 rings (SSSR count). The van der Waals surface area contributed by atoms with Crippen molar-refractivity contribution < 1.29 is 14.3 Å². The van der Waals surface area contributed by atoms with Crippen LogP contribution in [0.4, 0.5) is 0 Å². The van der Waals surface area contributed by atoms with Gasteiger partial charge < -0.3 is 9.64 Å². The van der Waals surface area contributed by atoms with Crippen molar-refractivity contribution in [3.63, 3.8) is 0 Å². The van der Waals surface area contributed by atoms with Crippen LogP contribution in [-0.2, 0) is 16.1 Å². The lowest BCUT2D eigenvalue weighted by Gasteiger charge is -2.23. The number of nitrogens with zero attached hydrogens (tertiary/aromatic N) is 1. The minimum atomic E-state index is -0.304. The van der Waals surface area contributed by atoms with Gasteiger partial charge >= 0.3 is 5.97 Å². The number of esters is 1. The van der Waals surface area contributed by atoms with E-state index in [1.807, 2.05) is 65.6 Å². The Labute approximate surface area is 180 Å². The fraction of sp³-hybridized carbons (Fsp3) is 0.304. The summed E-state index contributed by atoms with van der Waals surface area (Å²) in [7, 11) is 0. The molecular formula is C23H26INO3. The number of benzene rings is 2. The molecular weight excluding hydrogens is 465 g/mol. The minimum Gasteiger partial charge on any atom is -0.463 e. The van der Waals surface area contributed by atoms with E-state index in [0.717, 1.165) is 34.0 Å². The van der Waals surface area contributed by atoms with Gasteiger partial charge in [0.25, 0.3) is 5.91 Å². The first kappa shape index (κ1) is 22.1. The Morgan fingerprint density at radius 2 is 1.75 bits per heavy atom. The van der Waals surface area contributed by atoms with Gasteiger partial charge in [-0.25, -0.2) is 4.79 Å². The molecule has 0 heterocycles. The predicted octanol–water partition coefficient (Wildman–Crippen LogP) is 5.22. The third-order valence-electron chi connectivity index (χ3n) is 4.20. The first-order chi connectivity index (χ1) is 13.6. The molecule has 1 amide bonds. The van der Waals surface area contributed by atoms with Crippen LogP contribution in [0.1, 0.15) is 42.1 Å². The van der Waals surface area contributed by atoms with E-state index in [9.17, 15) is 9.59 Å². The monoisotopic (exact) mass is 491 g/mol. The van der Waals surface area contributed by atoms with Crippen molar-refractivity contribution >= 4 is 34.5 Å². The largest absolute Gasteiger partial charge is 0.463 e. The Hall–Kier alpha value is -2.15. The Bertz CT molecular complexity index is 789. The Kier molecular flexibility index (Phi) is 9.76. The number of ether oxygens (including phenoxy) is 1. The molecule has 0 saturated heterocycles. The van der Waals surface area contributed by atoms with Crippen LogP contribution in [0, 0.1) is 3.57 Å². The molecule has 0 unspecified atom stereocenters. The van der Waals surface area contributed by atoms with E-state index in [4.69, 9.17) is 4.74 Å². The number of hydrogen-bond donors (Lipinski definition) is 0. The molecule has 0 aliphatic carbocycles. The van der Waals surface area contributed by atoms with Crippen LogP contribution in [0.15, 0.2) is 66.7 Å². The molecule has 0 aromatic heterocycles. The van der Waals surface area contributed by atoms with Crippen LogP contribution in [0.2, 0.25) is 0 Å². The zero-order valence-electron chi connectivity index (χ0n) is 16.1. The SMILES string of the molecule is CCOC(=O)/C=C/CCCCN(Cc1ccccc1)C(=O)c1ccccc1I. The fourth-order valence-electron chi connectivity index (χ4n) is 2.80. The number of carbonyl (C=O) groups excluding carboxylic acids is 2. The van der Waals surface area contributed by atoms with E-state index in [-0.39, 0.29) is 11.9 Å². The van der Waals surface area contributed by atoms with Crippen molar-refractivity contribution in [1.29, 1.82) is 0 Å². The van der Waals surface area contributed by atoms with Gasteiger partial charge in [-0.3, -0.25) is 4.79 Å². The lowest BCUT2D eigenvalue weighted by molar-refractivity contribution is -0.137. The zero-order chi connectivity index (χ0) is 20.2. The third-order valence-corrected chi connectivity index (χ3v) is 5.14. The van der Waals surface area contributed by atoms with E-state index < -0.39 is 0 Å². The second-order valence-corrected chi connectivity index (χ2v) is 7.50. The summed E-state index contributed by atoms with van der Waals surface area (Å²) in [6.45, 7) is 3.44. The molecule has 0 atom stereocenters. The zero-order valence-corrected chi connectivity index (χ0v) is 18.3.